The highest BCUT2D eigenvalue weighted by atomic mass is 28.4. The van der Waals surface area contributed by atoms with Gasteiger partial charge in [-0.2, -0.15) is 0 Å². The summed E-state index contributed by atoms with van der Waals surface area (Å²) in [6, 6.07) is 0. The first-order valence-electron chi connectivity index (χ1n) is 7.22. The molecule has 0 unspecified atom stereocenters. The number of hydrogen-bond acceptors (Lipinski definition) is 2. The summed E-state index contributed by atoms with van der Waals surface area (Å²) in [4.78, 5) is 0. The SMILES string of the molecule is C=CC[C@H](CCO)O[Si](C(C)C)(C(C)C)C(C)C. The maximum Gasteiger partial charge on any atom is 0.200 e. The fourth-order valence-electron chi connectivity index (χ4n) is 3.25. The molecule has 0 aromatic rings. The van der Waals surface area contributed by atoms with Gasteiger partial charge in [-0.1, -0.05) is 47.6 Å². The van der Waals surface area contributed by atoms with Crippen LogP contribution in [0.25, 0.3) is 0 Å². The van der Waals surface area contributed by atoms with Crippen molar-refractivity contribution in [2.45, 2.75) is 77.1 Å². The van der Waals surface area contributed by atoms with Crippen LogP contribution in [-0.2, 0) is 4.43 Å². The van der Waals surface area contributed by atoms with E-state index in [0.29, 0.717) is 23.0 Å². The third kappa shape index (κ3) is 4.21. The molecule has 0 radical (unpaired) electrons. The zero-order valence-corrected chi connectivity index (χ0v) is 14.1. The Bertz CT molecular complexity index is 215. The van der Waals surface area contributed by atoms with Gasteiger partial charge in [-0.25, -0.2) is 0 Å². The van der Waals surface area contributed by atoms with Crippen LogP contribution in [0.4, 0.5) is 0 Å². The Kier molecular flexibility index (Phi) is 8.07. The number of hydrogen-bond donors (Lipinski definition) is 1. The maximum atomic E-state index is 9.18. The van der Waals surface area contributed by atoms with E-state index in [2.05, 4.69) is 48.1 Å². The normalized spacial score (nSPS) is 14.6. The molecular weight excluding hydrogens is 240 g/mol. The van der Waals surface area contributed by atoms with Crippen LogP contribution in [0, 0.1) is 0 Å². The van der Waals surface area contributed by atoms with Gasteiger partial charge in [0.15, 0.2) is 0 Å². The van der Waals surface area contributed by atoms with Crippen LogP contribution in [0.5, 0.6) is 0 Å². The molecule has 0 heterocycles. The van der Waals surface area contributed by atoms with Crippen LogP contribution in [0.1, 0.15) is 54.4 Å². The molecule has 0 aliphatic carbocycles. The van der Waals surface area contributed by atoms with Crippen molar-refractivity contribution < 1.29 is 9.53 Å². The second-order valence-corrected chi connectivity index (χ2v) is 11.5. The highest BCUT2D eigenvalue weighted by Crippen LogP contribution is 2.43. The first-order valence-corrected chi connectivity index (χ1v) is 9.36. The van der Waals surface area contributed by atoms with Crippen molar-refractivity contribution in [1.82, 2.24) is 0 Å². The lowest BCUT2D eigenvalue weighted by atomic mass is 10.2. The fourth-order valence-corrected chi connectivity index (χ4v) is 8.86. The molecule has 0 saturated heterocycles. The zero-order valence-electron chi connectivity index (χ0n) is 13.1. The van der Waals surface area contributed by atoms with Gasteiger partial charge >= 0.3 is 0 Å². The van der Waals surface area contributed by atoms with Crippen molar-refractivity contribution in [3.8, 4) is 0 Å². The second kappa shape index (κ2) is 8.13. The lowest BCUT2D eigenvalue weighted by Crippen LogP contribution is -2.50. The summed E-state index contributed by atoms with van der Waals surface area (Å²) in [5, 5.41) is 9.18. The van der Waals surface area contributed by atoms with Crippen LogP contribution in [0.2, 0.25) is 16.6 Å². The quantitative estimate of drug-likeness (QED) is 0.494. The summed E-state index contributed by atoms with van der Waals surface area (Å²) < 4.78 is 6.61. The Morgan fingerprint density at radius 2 is 1.50 bits per heavy atom. The number of aliphatic hydroxyl groups excluding tert-OH is 1. The zero-order chi connectivity index (χ0) is 14.3. The first kappa shape index (κ1) is 17.9. The third-order valence-corrected chi connectivity index (χ3v) is 10.1. The summed E-state index contributed by atoms with van der Waals surface area (Å²) in [5.74, 6) is 0. The van der Waals surface area contributed by atoms with E-state index in [1.54, 1.807) is 0 Å². The highest BCUT2D eigenvalue weighted by molar-refractivity contribution is 6.77. The molecule has 108 valence electrons. The Balaban J connectivity index is 5.11. The topological polar surface area (TPSA) is 29.5 Å². The summed E-state index contributed by atoms with van der Waals surface area (Å²) >= 11 is 0. The van der Waals surface area contributed by atoms with Gasteiger partial charge in [0.05, 0.1) is 6.10 Å². The van der Waals surface area contributed by atoms with Crippen LogP contribution in [-0.4, -0.2) is 26.1 Å². The van der Waals surface area contributed by atoms with Gasteiger partial charge in [0.1, 0.15) is 0 Å². The molecule has 0 amide bonds. The summed E-state index contributed by atoms with van der Waals surface area (Å²) in [6.45, 7) is 17.7. The molecule has 0 fully saturated rings. The van der Waals surface area contributed by atoms with E-state index < -0.39 is 8.32 Å². The molecule has 1 N–H and O–H groups in total. The minimum absolute atomic E-state index is 0.131. The Morgan fingerprint density at radius 1 is 1.06 bits per heavy atom. The molecule has 0 saturated carbocycles. The Labute approximate surface area is 115 Å². The monoisotopic (exact) mass is 272 g/mol. The van der Waals surface area contributed by atoms with E-state index in [-0.39, 0.29) is 12.7 Å². The van der Waals surface area contributed by atoms with Gasteiger partial charge < -0.3 is 9.53 Å². The van der Waals surface area contributed by atoms with Gasteiger partial charge in [-0.15, -0.1) is 6.58 Å². The molecule has 0 rings (SSSR count). The van der Waals surface area contributed by atoms with E-state index in [1.165, 1.54) is 0 Å². The minimum Gasteiger partial charge on any atom is -0.413 e. The van der Waals surface area contributed by atoms with E-state index in [0.717, 1.165) is 6.42 Å². The standard InChI is InChI=1S/C15H32O2Si/c1-8-9-15(10-11-16)17-18(12(2)3,13(4)5)14(6)7/h8,12-16H,1,9-11H2,2-7H3/t15-/m1/s1. The summed E-state index contributed by atoms with van der Waals surface area (Å²) in [5.41, 5.74) is 1.76. The third-order valence-electron chi connectivity index (χ3n) is 3.96. The molecule has 0 aliphatic heterocycles. The Morgan fingerprint density at radius 3 is 1.78 bits per heavy atom. The maximum absolute atomic E-state index is 9.18. The van der Waals surface area contributed by atoms with E-state index in [1.807, 2.05) is 6.08 Å². The predicted octanol–water partition coefficient (Wildman–Crippen LogP) is 4.51. The molecule has 1 atom stereocenters. The molecule has 0 aromatic carbocycles. The summed E-state index contributed by atoms with van der Waals surface area (Å²) in [6.07, 6.45) is 3.58. The van der Waals surface area contributed by atoms with Gasteiger partial charge in [-0.05, 0) is 29.5 Å². The van der Waals surface area contributed by atoms with E-state index in [4.69, 9.17) is 4.43 Å². The van der Waals surface area contributed by atoms with Crippen molar-refractivity contribution in [3.05, 3.63) is 12.7 Å². The van der Waals surface area contributed by atoms with Crippen LogP contribution in [0.3, 0.4) is 0 Å². The van der Waals surface area contributed by atoms with Crippen LogP contribution >= 0.6 is 0 Å². The number of aliphatic hydroxyl groups is 1. The molecular formula is C15H32O2Si. The van der Waals surface area contributed by atoms with Gasteiger partial charge in [-0.3, -0.25) is 0 Å². The van der Waals surface area contributed by atoms with Crippen LogP contribution in [0.15, 0.2) is 12.7 Å². The average molecular weight is 273 g/mol. The predicted molar refractivity (Wildman–Crippen MR) is 82.4 cm³/mol. The number of rotatable bonds is 9. The van der Waals surface area contributed by atoms with Gasteiger partial charge in [0.25, 0.3) is 0 Å². The lowest BCUT2D eigenvalue weighted by molar-refractivity contribution is 0.137. The molecule has 0 aliphatic rings. The second-order valence-electron chi connectivity index (χ2n) is 6.09. The molecule has 18 heavy (non-hydrogen) atoms. The van der Waals surface area contributed by atoms with Crippen molar-refractivity contribution in [2.75, 3.05) is 6.61 Å². The van der Waals surface area contributed by atoms with E-state index >= 15 is 0 Å². The Hall–Kier alpha value is -0.123. The van der Waals surface area contributed by atoms with Crippen LogP contribution < -0.4 is 0 Å². The van der Waals surface area contributed by atoms with Crippen molar-refractivity contribution in [1.29, 1.82) is 0 Å². The highest BCUT2D eigenvalue weighted by Gasteiger charge is 2.46. The largest absolute Gasteiger partial charge is 0.413 e. The van der Waals surface area contributed by atoms with Crippen molar-refractivity contribution >= 4 is 8.32 Å². The summed E-state index contributed by atoms with van der Waals surface area (Å²) in [7, 11) is -1.82. The van der Waals surface area contributed by atoms with Crippen molar-refractivity contribution in [3.63, 3.8) is 0 Å². The van der Waals surface area contributed by atoms with E-state index in [9.17, 15) is 5.11 Å². The molecule has 3 heteroatoms. The molecule has 2 nitrogen and oxygen atoms in total. The van der Waals surface area contributed by atoms with Gasteiger partial charge in [0.2, 0.25) is 8.32 Å². The fraction of sp³-hybridized carbons (Fsp3) is 0.867. The minimum atomic E-state index is -1.82. The van der Waals surface area contributed by atoms with Crippen molar-refractivity contribution in [2.24, 2.45) is 0 Å². The molecule has 0 aromatic heterocycles. The molecule has 0 bridgehead atoms. The van der Waals surface area contributed by atoms with Gasteiger partial charge in [0, 0.05) is 6.61 Å². The molecule has 0 spiro atoms. The first-order chi connectivity index (χ1) is 8.32. The average Bonchev–Trinajstić information content (AvgIpc) is 2.24. The smallest absolute Gasteiger partial charge is 0.200 e. The lowest BCUT2D eigenvalue weighted by Gasteiger charge is -2.44.